The zero-order valence-corrected chi connectivity index (χ0v) is 17.7. The number of ether oxygens (including phenoxy) is 1. The van der Waals surface area contributed by atoms with Crippen LogP contribution < -0.4 is 10.1 Å². The van der Waals surface area contributed by atoms with Crippen LogP contribution in [0.1, 0.15) is 55.9 Å². The molecule has 1 fully saturated rings. The molecule has 2 aliphatic rings. The Morgan fingerprint density at radius 2 is 2.07 bits per heavy atom. The van der Waals surface area contributed by atoms with E-state index in [0.29, 0.717) is 19.4 Å². The van der Waals surface area contributed by atoms with Crippen molar-refractivity contribution in [1.82, 2.24) is 4.90 Å². The van der Waals surface area contributed by atoms with E-state index < -0.39 is 6.10 Å². The largest absolute Gasteiger partial charge is 0.480 e. The van der Waals surface area contributed by atoms with Crippen molar-refractivity contribution in [3.63, 3.8) is 0 Å². The molecule has 1 aliphatic heterocycles. The third-order valence-electron chi connectivity index (χ3n) is 5.81. The van der Waals surface area contributed by atoms with E-state index in [9.17, 15) is 9.59 Å². The van der Waals surface area contributed by atoms with Gasteiger partial charge < -0.3 is 15.0 Å². The number of hydrogen-bond acceptors (Lipinski definition) is 4. The molecule has 2 heterocycles. The molecule has 1 saturated carbocycles. The molecule has 6 heteroatoms. The van der Waals surface area contributed by atoms with E-state index in [1.54, 1.807) is 11.3 Å². The van der Waals surface area contributed by atoms with Gasteiger partial charge >= 0.3 is 0 Å². The summed E-state index contributed by atoms with van der Waals surface area (Å²) in [6.07, 6.45) is 6.33. The van der Waals surface area contributed by atoms with E-state index in [4.69, 9.17) is 4.74 Å². The third kappa shape index (κ3) is 4.64. The second-order valence-electron chi connectivity index (χ2n) is 7.90. The lowest BCUT2D eigenvalue weighted by Crippen LogP contribution is -2.45. The number of hydrogen-bond donors (Lipinski definition) is 1. The van der Waals surface area contributed by atoms with Crippen molar-refractivity contribution < 1.29 is 14.3 Å². The Kier molecular flexibility index (Phi) is 6.19. The first-order valence-electron chi connectivity index (χ1n) is 10.6. The first-order chi connectivity index (χ1) is 14.1. The highest BCUT2D eigenvalue weighted by atomic mass is 32.1. The number of carbonyl (C=O) groups excluding carboxylic acids is 2. The van der Waals surface area contributed by atoms with E-state index in [1.807, 2.05) is 47.5 Å². The van der Waals surface area contributed by atoms with Gasteiger partial charge in [0.05, 0.1) is 6.42 Å². The molecular formula is C23H28N2O3S. The summed E-state index contributed by atoms with van der Waals surface area (Å²) in [6.45, 7) is 2.54. The molecule has 1 aromatic carbocycles. The molecule has 1 atom stereocenters. The summed E-state index contributed by atoms with van der Waals surface area (Å²) >= 11 is 1.58. The van der Waals surface area contributed by atoms with Gasteiger partial charge in [0.15, 0.2) is 6.10 Å². The Bertz CT molecular complexity index is 859. The second kappa shape index (κ2) is 8.99. The van der Waals surface area contributed by atoms with Crippen LogP contribution in [0.5, 0.6) is 5.75 Å². The van der Waals surface area contributed by atoms with Gasteiger partial charge in [-0.05, 0) is 48.9 Å². The summed E-state index contributed by atoms with van der Waals surface area (Å²) in [5.41, 5.74) is 1.72. The number of rotatable bonds is 5. The number of nitrogens with one attached hydrogen (secondary N) is 1. The maximum absolute atomic E-state index is 13.1. The molecule has 154 valence electrons. The van der Waals surface area contributed by atoms with Crippen LogP contribution in [0.3, 0.4) is 0 Å². The van der Waals surface area contributed by atoms with Gasteiger partial charge in [0, 0.05) is 28.7 Å². The number of fused-ring (bicyclic) bond motifs is 1. The first kappa shape index (κ1) is 20.0. The molecule has 1 aromatic heterocycles. The van der Waals surface area contributed by atoms with Gasteiger partial charge in [-0.3, -0.25) is 9.59 Å². The number of carbonyl (C=O) groups is 2. The van der Waals surface area contributed by atoms with Crippen molar-refractivity contribution in [1.29, 1.82) is 0 Å². The quantitative estimate of drug-likeness (QED) is 0.770. The van der Waals surface area contributed by atoms with Crippen LogP contribution in [-0.2, 0) is 22.6 Å². The molecule has 2 amide bonds. The molecule has 1 N–H and O–H groups in total. The van der Waals surface area contributed by atoms with Gasteiger partial charge in [0.25, 0.3) is 5.91 Å². The Balaban J connectivity index is 1.54. The second-order valence-corrected chi connectivity index (χ2v) is 8.93. The van der Waals surface area contributed by atoms with Gasteiger partial charge in [-0.25, -0.2) is 0 Å². The third-order valence-corrected chi connectivity index (χ3v) is 6.69. The van der Waals surface area contributed by atoms with Crippen molar-refractivity contribution in [2.75, 3.05) is 5.32 Å². The standard InChI is InChI=1S/C23H28N2O3S/c1-2-20-23(27)25(18-7-4-3-5-8-18)15-16-13-17(10-11-21(16)28-20)24-22(26)14-19-9-6-12-29-19/h6,9-13,18,20H,2-5,7-8,14-15H2,1H3,(H,24,26). The zero-order chi connectivity index (χ0) is 20.2. The predicted molar refractivity (Wildman–Crippen MR) is 115 cm³/mol. The fraction of sp³-hybridized carbons (Fsp3) is 0.478. The lowest BCUT2D eigenvalue weighted by molar-refractivity contribution is -0.141. The highest BCUT2D eigenvalue weighted by Crippen LogP contribution is 2.33. The van der Waals surface area contributed by atoms with Gasteiger partial charge in [-0.1, -0.05) is 32.3 Å². The van der Waals surface area contributed by atoms with Gasteiger partial charge in [-0.2, -0.15) is 0 Å². The molecule has 2 aromatic rings. The normalized spacial score (nSPS) is 20.0. The molecule has 0 spiro atoms. The molecular weight excluding hydrogens is 384 g/mol. The molecule has 1 unspecified atom stereocenters. The van der Waals surface area contributed by atoms with Gasteiger partial charge in [0.2, 0.25) is 5.91 Å². The SMILES string of the molecule is CCC1Oc2ccc(NC(=O)Cc3cccs3)cc2CN(C2CCCCC2)C1=O. The van der Waals surface area contributed by atoms with Gasteiger partial charge in [0.1, 0.15) is 5.75 Å². The minimum Gasteiger partial charge on any atom is -0.480 e. The van der Waals surface area contributed by atoms with Crippen molar-refractivity contribution in [2.45, 2.75) is 70.6 Å². The molecule has 5 nitrogen and oxygen atoms in total. The van der Waals surface area contributed by atoms with E-state index in [0.717, 1.165) is 34.7 Å². The average molecular weight is 413 g/mol. The summed E-state index contributed by atoms with van der Waals surface area (Å²) in [4.78, 5) is 28.6. The van der Waals surface area contributed by atoms with Crippen LogP contribution in [0.4, 0.5) is 5.69 Å². The summed E-state index contributed by atoms with van der Waals surface area (Å²) in [5.74, 6) is 0.812. The summed E-state index contributed by atoms with van der Waals surface area (Å²) in [6, 6.07) is 9.91. The zero-order valence-electron chi connectivity index (χ0n) is 16.9. The maximum atomic E-state index is 13.1. The predicted octanol–water partition coefficient (Wildman–Crippen LogP) is 4.76. The highest BCUT2D eigenvalue weighted by molar-refractivity contribution is 7.10. The van der Waals surface area contributed by atoms with E-state index in [1.165, 1.54) is 19.3 Å². The molecule has 1 aliphatic carbocycles. The van der Waals surface area contributed by atoms with Crippen LogP contribution in [0.2, 0.25) is 0 Å². The topological polar surface area (TPSA) is 58.6 Å². The summed E-state index contributed by atoms with van der Waals surface area (Å²) < 4.78 is 6.08. The Morgan fingerprint density at radius 1 is 1.24 bits per heavy atom. The van der Waals surface area contributed by atoms with Crippen molar-refractivity contribution in [3.05, 3.63) is 46.2 Å². The highest BCUT2D eigenvalue weighted by Gasteiger charge is 2.34. The molecule has 4 rings (SSSR count). The summed E-state index contributed by atoms with van der Waals surface area (Å²) in [5, 5.41) is 4.97. The van der Waals surface area contributed by atoms with Crippen LogP contribution in [-0.4, -0.2) is 28.9 Å². The van der Waals surface area contributed by atoms with E-state index in [-0.39, 0.29) is 17.9 Å². The van der Waals surface area contributed by atoms with Crippen LogP contribution >= 0.6 is 11.3 Å². The molecule has 29 heavy (non-hydrogen) atoms. The summed E-state index contributed by atoms with van der Waals surface area (Å²) in [7, 11) is 0. The van der Waals surface area contributed by atoms with Gasteiger partial charge in [-0.15, -0.1) is 11.3 Å². The van der Waals surface area contributed by atoms with Crippen LogP contribution in [0.25, 0.3) is 0 Å². The van der Waals surface area contributed by atoms with E-state index >= 15 is 0 Å². The number of anilines is 1. The fourth-order valence-corrected chi connectivity index (χ4v) is 4.99. The van der Waals surface area contributed by atoms with Crippen LogP contribution in [0, 0.1) is 0 Å². The fourth-order valence-electron chi connectivity index (χ4n) is 4.28. The van der Waals surface area contributed by atoms with Crippen molar-refractivity contribution in [2.24, 2.45) is 0 Å². The maximum Gasteiger partial charge on any atom is 0.264 e. The molecule has 0 radical (unpaired) electrons. The lowest BCUT2D eigenvalue weighted by Gasteiger charge is -2.34. The average Bonchev–Trinajstić information content (AvgIpc) is 3.19. The number of nitrogens with zero attached hydrogens (tertiary/aromatic N) is 1. The van der Waals surface area contributed by atoms with E-state index in [2.05, 4.69) is 5.32 Å². The number of benzene rings is 1. The molecule has 0 bridgehead atoms. The van der Waals surface area contributed by atoms with Crippen molar-refractivity contribution in [3.8, 4) is 5.75 Å². The molecule has 0 saturated heterocycles. The number of amides is 2. The first-order valence-corrected chi connectivity index (χ1v) is 11.4. The Morgan fingerprint density at radius 3 is 2.79 bits per heavy atom. The van der Waals surface area contributed by atoms with Crippen molar-refractivity contribution >= 4 is 28.8 Å². The minimum atomic E-state index is -0.433. The lowest BCUT2D eigenvalue weighted by atomic mass is 9.93. The minimum absolute atomic E-state index is 0.0337. The Hall–Kier alpha value is -2.34. The Labute approximate surface area is 176 Å². The van der Waals surface area contributed by atoms with Crippen LogP contribution in [0.15, 0.2) is 35.7 Å². The smallest absolute Gasteiger partial charge is 0.264 e. The monoisotopic (exact) mass is 412 g/mol. The number of thiophene rings is 1.